The van der Waals surface area contributed by atoms with Crippen molar-refractivity contribution in [3.63, 3.8) is 0 Å². The van der Waals surface area contributed by atoms with Crippen LogP contribution in [-0.2, 0) is 25.6 Å². The Kier molecular flexibility index (Phi) is 9.68. The number of carbonyl (C=O) groups excluding carboxylic acids is 4. The molecule has 1 aliphatic rings. The molecule has 1 aromatic carbocycles. The quantitative estimate of drug-likeness (QED) is 0.650. The molecule has 1 aliphatic heterocycles. The monoisotopic (exact) mass is 444 g/mol. The minimum atomic E-state index is -0.791. The Morgan fingerprint density at radius 1 is 1.00 bits per heavy atom. The molecule has 2 rings (SSSR count). The van der Waals surface area contributed by atoms with Crippen LogP contribution in [0.25, 0.3) is 0 Å². The Morgan fingerprint density at radius 2 is 1.69 bits per heavy atom. The molecule has 0 bridgehead atoms. The summed E-state index contributed by atoms with van der Waals surface area (Å²) < 4.78 is 0. The maximum absolute atomic E-state index is 13.1. The molecule has 0 saturated carbocycles. The number of likely N-dealkylation sites (N-methyl/N-ethyl adjacent to an activating group) is 1. The number of hydrogen-bond acceptors (Lipinski definition) is 4. The molecule has 0 aromatic heterocycles. The summed E-state index contributed by atoms with van der Waals surface area (Å²) in [6, 6.07) is 7.93. The number of amides is 4. The minimum Gasteiger partial charge on any atom is -0.354 e. The lowest BCUT2D eigenvalue weighted by atomic mass is 10.0. The number of nitrogens with zero attached hydrogens (tertiary/aromatic N) is 1. The third-order valence-electron chi connectivity index (χ3n) is 5.56. The number of hydrogen-bond donors (Lipinski definition) is 3. The standard InChI is InChI=1S/C24H36N4O4/c1-16(2)12-19-24(32)27-20(13-18-8-6-5-7-9-18)23(31)25-14-17(3)10-11-22(30)28(4)15-21(29)26-19/h5-9,16-17,19-20H,10-15H2,1-4H3,(H,25,31)(H,26,29)(H,27,32)/t17-,19+,20+/m1/s1. The maximum Gasteiger partial charge on any atom is 0.243 e. The molecule has 8 nitrogen and oxygen atoms in total. The number of benzene rings is 1. The van der Waals surface area contributed by atoms with E-state index in [9.17, 15) is 19.2 Å². The van der Waals surface area contributed by atoms with Gasteiger partial charge in [-0.3, -0.25) is 19.2 Å². The van der Waals surface area contributed by atoms with Crippen LogP contribution < -0.4 is 16.0 Å². The summed E-state index contributed by atoms with van der Waals surface area (Å²) in [6.45, 7) is 6.17. The van der Waals surface area contributed by atoms with E-state index in [0.29, 0.717) is 32.2 Å². The number of rotatable bonds is 4. The molecule has 0 spiro atoms. The van der Waals surface area contributed by atoms with Gasteiger partial charge in [-0.05, 0) is 30.2 Å². The summed E-state index contributed by atoms with van der Waals surface area (Å²) in [4.78, 5) is 52.4. The molecule has 176 valence electrons. The summed E-state index contributed by atoms with van der Waals surface area (Å²) in [6.07, 6.45) is 1.65. The van der Waals surface area contributed by atoms with Gasteiger partial charge in [0.15, 0.2) is 0 Å². The first-order valence-corrected chi connectivity index (χ1v) is 11.3. The Morgan fingerprint density at radius 3 is 2.34 bits per heavy atom. The second-order valence-corrected chi connectivity index (χ2v) is 9.14. The average molecular weight is 445 g/mol. The van der Waals surface area contributed by atoms with Crippen LogP contribution in [0.15, 0.2) is 30.3 Å². The number of carbonyl (C=O) groups is 4. The largest absolute Gasteiger partial charge is 0.354 e. The van der Waals surface area contributed by atoms with Gasteiger partial charge in [0.2, 0.25) is 23.6 Å². The molecule has 8 heteroatoms. The van der Waals surface area contributed by atoms with E-state index in [2.05, 4.69) is 16.0 Å². The molecular formula is C24H36N4O4. The summed E-state index contributed by atoms with van der Waals surface area (Å²) >= 11 is 0. The van der Waals surface area contributed by atoms with Crippen LogP contribution in [0.4, 0.5) is 0 Å². The highest BCUT2D eigenvalue weighted by atomic mass is 16.2. The van der Waals surface area contributed by atoms with Crippen molar-refractivity contribution in [2.24, 2.45) is 11.8 Å². The second-order valence-electron chi connectivity index (χ2n) is 9.14. The van der Waals surface area contributed by atoms with Crippen LogP contribution in [0, 0.1) is 11.8 Å². The van der Waals surface area contributed by atoms with E-state index in [4.69, 9.17) is 0 Å². The minimum absolute atomic E-state index is 0.0806. The third kappa shape index (κ3) is 8.32. The molecule has 32 heavy (non-hydrogen) atoms. The van der Waals surface area contributed by atoms with Gasteiger partial charge in [-0.25, -0.2) is 0 Å². The zero-order valence-corrected chi connectivity index (χ0v) is 19.5. The highest BCUT2D eigenvalue weighted by Gasteiger charge is 2.28. The first-order chi connectivity index (χ1) is 15.2. The van der Waals surface area contributed by atoms with E-state index in [0.717, 1.165) is 5.56 Å². The molecule has 1 fully saturated rings. The summed E-state index contributed by atoms with van der Waals surface area (Å²) in [5.74, 6) is -0.984. The third-order valence-corrected chi connectivity index (χ3v) is 5.56. The van der Waals surface area contributed by atoms with Crippen molar-refractivity contribution in [2.75, 3.05) is 20.1 Å². The van der Waals surface area contributed by atoms with Gasteiger partial charge >= 0.3 is 0 Å². The van der Waals surface area contributed by atoms with E-state index in [1.807, 2.05) is 51.1 Å². The lowest BCUT2D eigenvalue weighted by molar-refractivity contribution is -0.136. The van der Waals surface area contributed by atoms with Crippen molar-refractivity contribution < 1.29 is 19.2 Å². The molecular weight excluding hydrogens is 408 g/mol. The molecule has 1 heterocycles. The van der Waals surface area contributed by atoms with Crippen molar-refractivity contribution in [3.8, 4) is 0 Å². The molecule has 1 saturated heterocycles. The predicted molar refractivity (Wildman–Crippen MR) is 123 cm³/mol. The zero-order valence-electron chi connectivity index (χ0n) is 19.5. The van der Waals surface area contributed by atoms with Gasteiger partial charge in [0, 0.05) is 26.4 Å². The van der Waals surface area contributed by atoms with Gasteiger partial charge in [-0.1, -0.05) is 51.1 Å². The van der Waals surface area contributed by atoms with Crippen LogP contribution in [0.5, 0.6) is 0 Å². The van der Waals surface area contributed by atoms with Crippen LogP contribution in [0.1, 0.15) is 45.6 Å². The highest BCUT2D eigenvalue weighted by molar-refractivity contribution is 5.93. The van der Waals surface area contributed by atoms with Gasteiger partial charge in [0.25, 0.3) is 0 Å². The highest BCUT2D eigenvalue weighted by Crippen LogP contribution is 2.10. The summed E-state index contributed by atoms with van der Waals surface area (Å²) in [5.41, 5.74) is 0.926. The Labute approximate surface area is 190 Å². The van der Waals surface area contributed by atoms with Crippen LogP contribution in [0.2, 0.25) is 0 Å². The van der Waals surface area contributed by atoms with Crippen molar-refractivity contribution in [1.82, 2.24) is 20.9 Å². The maximum atomic E-state index is 13.1. The fourth-order valence-corrected chi connectivity index (χ4v) is 3.64. The smallest absolute Gasteiger partial charge is 0.243 e. The Hall–Kier alpha value is -2.90. The van der Waals surface area contributed by atoms with E-state index < -0.39 is 23.9 Å². The molecule has 3 atom stereocenters. The Bertz CT molecular complexity index is 796. The van der Waals surface area contributed by atoms with Gasteiger partial charge in [0.1, 0.15) is 12.1 Å². The Balaban J connectivity index is 2.27. The fourth-order valence-electron chi connectivity index (χ4n) is 3.64. The zero-order chi connectivity index (χ0) is 23.7. The van der Waals surface area contributed by atoms with E-state index >= 15 is 0 Å². The van der Waals surface area contributed by atoms with Crippen LogP contribution in [-0.4, -0.2) is 60.7 Å². The molecule has 0 aliphatic carbocycles. The van der Waals surface area contributed by atoms with Crippen molar-refractivity contribution in [3.05, 3.63) is 35.9 Å². The summed E-state index contributed by atoms with van der Waals surface area (Å²) in [5, 5.41) is 8.52. The average Bonchev–Trinajstić information content (AvgIpc) is 2.74. The topological polar surface area (TPSA) is 108 Å². The van der Waals surface area contributed by atoms with Gasteiger partial charge in [-0.15, -0.1) is 0 Å². The first kappa shape index (κ1) is 25.4. The molecule has 3 N–H and O–H groups in total. The van der Waals surface area contributed by atoms with E-state index in [-0.39, 0.29) is 30.2 Å². The van der Waals surface area contributed by atoms with Crippen molar-refractivity contribution in [1.29, 1.82) is 0 Å². The fraction of sp³-hybridized carbons (Fsp3) is 0.583. The van der Waals surface area contributed by atoms with Gasteiger partial charge < -0.3 is 20.9 Å². The van der Waals surface area contributed by atoms with Crippen LogP contribution in [0.3, 0.4) is 0 Å². The molecule has 1 aromatic rings. The van der Waals surface area contributed by atoms with Crippen molar-refractivity contribution >= 4 is 23.6 Å². The molecule has 0 unspecified atom stereocenters. The van der Waals surface area contributed by atoms with Gasteiger partial charge in [-0.2, -0.15) is 0 Å². The first-order valence-electron chi connectivity index (χ1n) is 11.3. The van der Waals surface area contributed by atoms with Crippen LogP contribution >= 0.6 is 0 Å². The second kappa shape index (κ2) is 12.2. The normalized spacial score (nSPS) is 24.3. The SMILES string of the molecule is CC(C)C[C@@H]1NC(=O)CN(C)C(=O)CC[C@@H](C)CNC(=O)[C@H](Cc2ccccc2)NC1=O. The predicted octanol–water partition coefficient (Wildman–Crippen LogP) is 1.25. The summed E-state index contributed by atoms with van der Waals surface area (Å²) in [7, 11) is 1.58. The number of nitrogens with one attached hydrogen (secondary N) is 3. The van der Waals surface area contributed by atoms with Gasteiger partial charge in [0.05, 0.1) is 6.54 Å². The lowest BCUT2D eigenvalue weighted by Gasteiger charge is -2.25. The van der Waals surface area contributed by atoms with Crippen molar-refractivity contribution in [2.45, 2.75) is 58.5 Å². The van der Waals surface area contributed by atoms with E-state index in [1.165, 1.54) is 4.90 Å². The lowest BCUT2D eigenvalue weighted by Crippen LogP contribution is -2.55. The van der Waals surface area contributed by atoms with E-state index in [1.54, 1.807) is 7.05 Å². The molecule has 0 radical (unpaired) electrons. The molecule has 4 amide bonds.